The normalized spacial score (nSPS) is 16.2. The number of ether oxygens (including phenoxy) is 1. The number of carbonyl (C=O) groups is 1. The van der Waals surface area contributed by atoms with Crippen molar-refractivity contribution in [2.45, 2.75) is 10.9 Å². The number of nitrogens with one attached hydrogen (secondary N) is 1. The Balaban J connectivity index is 1.52. The Bertz CT molecular complexity index is 1180. The first kappa shape index (κ1) is 23.0. The number of rotatable bonds is 7. The second-order valence-corrected chi connectivity index (χ2v) is 9.73. The standard InChI is InChI=1S/C25H27N3O4S/c1-32-22-12-8-11-21(19-22)26-25(29)24(20-9-4-2-5-10-20)27-15-17-28(18-16-27)33(30,31)23-13-6-3-7-14-23/h2-14,19,24H,15-18H2,1H3,(H,26,29). The van der Waals surface area contributed by atoms with E-state index in [-0.39, 0.29) is 10.8 Å². The molecule has 1 atom stereocenters. The largest absolute Gasteiger partial charge is 0.497 e. The molecule has 1 aliphatic rings. The number of hydrogen-bond donors (Lipinski definition) is 1. The minimum atomic E-state index is -3.56. The first-order valence-electron chi connectivity index (χ1n) is 10.8. The molecule has 0 radical (unpaired) electrons. The quantitative estimate of drug-likeness (QED) is 0.579. The fourth-order valence-electron chi connectivity index (χ4n) is 4.02. The van der Waals surface area contributed by atoms with Crippen LogP contribution in [0.4, 0.5) is 5.69 Å². The van der Waals surface area contributed by atoms with E-state index in [1.54, 1.807) is 43.5 Å². The van der Waals surface area contributed by atoms with Crippen LogP contribution < -0.4 is 10.1 Å². The molecule has 1 heterocycles. The van der Waals surface area contributed by atoms with Crippen molar-refractivity contribution < 1.29 is 17.9 Å². The van der Waals surface area contributed by atoms with Crippen LogP contribution in [-0.4, -0.2) is 56.8 Å². The van der Waals surface area contributed by atoms with Gasteiger partial charge in [-0.2, -0.15) is 4.31 Å². The fraction of sp³-hybridized carbons (Fsp3) is 0.240. The SMILES string of the molecule is COc1cccc(NC(=O)C(c2ccccc2)N2CCN(S(=O)(=O)c3ccccc3)CC2)c1. The summed E-state index contributed by atoms with van der Waals surface area (Å²) in [5.41, 5.74) is 1.50. The van der Waals surface area contributed by atoms with Gasteiger partial charge in [0.15, 0.2) is 0 Å². The number of piperazine rings is 1. The molecule has 1 amide bonds. The van der Waals surface area contributed by atoms with Gasteiger partial charge < -0.3 is 10.1 Å². The van der Waals surface area contributed by atoms with Crippen LogP contribution in [0.2, 0.25) is 0 Å². The number of methoxy groups -OCH3 is 1. The van der Waals surface area contributed by atoms with Gasteiger partial charge in [0.05, 0.1) is 12.0 Å². The van der Waals surface area contributed by atoms with Crippen LogP contribution in [0.5, 0.6) is 5.75 Å². The summed E-state index contributed by atoms with van der Waals surface area (Å²) in [6, 6.07) is 24.7. The third kappa shape index (κ3) is 5.24. The number of sulfonamides is 1. The van der Waals surface area contributed by atoms with E-state index in [1.165, 1.54) is 4.31 Å². The van der Waals surface area contributed by atoms with Crippen LogP contribution in [0.15, 0.2) is 89.8 Å². The van der Waals surface area contributed by atoms with E-state index in [9.17, 15) is 13.2 Å². The summed E-state index contributed by atoms with van der Waals surface area (Å²) >= 11 is 0. The Morgan fingerprint density at radius 2 is 1.52 bits per heavy atom. The number of nitrogens with zero attached hydrogens (tertiary/aromatic N) is 2. The molecule has 1 fully saturated rings. The van der Waals surface area contributed by atoms with Crippen molar-refractivity contribution in [3.05, 3.63) is 90.5 Å². The smallest absolute Gasteiger partial charge is 0.246 e. The Morgan fingerprint density at radius 1 is 0.879 bits per heavy atom. The van der Waals surface area contributed by atoms with Gasteiger partial charge in [-0.3, -0.25) is 9.69 Å². The van der Waals surface area contributed by atoms with Gasteiger partial charge >= 0.3 is 0 Å². The van der Waals surface area contributed by atoms with E-state index >= 15 is 0 Å². The summed E-state index contributed by atoms with van der Waals surface area (Å²) in [6.45, 7) is 1.51. The summed E-state index contributed by atoms with van der Waals surface area (Å²) in [5, 5.41) is 2.99. The molecule has 1 N–H and O–H groups in total. The maximum Gasteiger partial charge on any atom is 0.246 e. The van der Waals surface area contributed by atoms with Gasteiger partial charge in [-0.15, -0.1) is 0 Å². The average Bonchev–Trinajstić information content (AvgIpc) is 2.86. The van der Waals surface area contributed by atoms with Crippen LogP contribution >= 0.6 is 0 Å². The Morgan fingerprint density at radius 3 is 2.15 bits per heavy atom. The van der Waals surface area contributed by atoms with Crippen molar-refractivity contribution in [2.24, 2.45) is 0 Å². The molecule has 4 rings (SSSR count). The molecule has 0 aliphatic carbocycles. The Hall–Kier alpha value is -3.20. The highest BCUT2D eigenvalue weighted by Crippen LogP contribution is 2.27. The lowest BCUT2D eigenvalue weighted by atomic mass is 10.0. The second kappa shape index (κ2) is 10.2. The molecule has 172 valence electrons. The average molecular weight is 466 g/mol. The van der Waals surface area contributed by atoms with Crippen LogP contribution in [0.25, 0.3) is 0 Å². The number of anilines is 1. The second-order valence-electron chi connectivity index (χ2n) is 7.79. The topological polar surface area (TPSA) is 79.0 Å². The highest BCUT2D eigenvalue weighted by molar-refractivity contribution is 7.89. The van der Waals surface area contributed by atoms with Crippen molar-refractivity contribution in [3.8, 4) is 5.75 Å². The first-order valence-corrected chi connectivity index (χ1v) is 12.2. The van der Waals surface area contributed by atoms with Crippen molar-refractivity contribution in [1.82, 2.24) is 9.21 Å². The van der Waals surface area contributed by atoms with E-state index in [0.29, 0.717) is 37.6 Å². The molecule has 0 saturated carbocycles. The van der Waals surface area contributed by atoms with Crippen molar-refractivity contribution in [3.63, 3.8) is 0 Å². The predicted octanol–water partition coefficient (Wildman–Crippen LogP) is 3.38. The van der Waals surface area contributed by atoms with E-state index < -0.39 is 16.1 Å². The molecule has 33 heavy (non-hydrogen) atoms. The zero-order valence-electron chi connectivity index (χ0n) is 18.4. The minimum absolute atomic E-state index is 0.172. The summed E-state index contributed by atoms with van der Waals surface area (Å²) in [6.07, 6.45) is 0. The van der Waals surface area contributed by atoms with Gasteiger partial charge in [-0.05, 0) is 29.8 Å². The molecule has 3 aromatic carbocycles. The minimum Gasteiger partial charge on any atom is -0.497 e. The first-order chi connectivity index (χ1) is 16.0. The van der Waals surface area contributed by atoms with Crippen LogP contribution in [0.1, 0.15) is 11.6 Å². The maximum atomic E-state index is 13.4. The molecule has 0 bridgehead atoms. The molecule has 7 nitrogen and oxygen atoms in total. The summed E-state index contributed by atoms with van der Waals surface area (Å²) < 4.78 is 32.7. The van der Waals surface area contributed by atoms with Crippen LogP contribution in [0.3, 0.4) is 0 Å². The number of amides is 1. The summed E-state index contributed by atoms with van der Waals surface area (Å²) in [5.74, 6) is 0.484. The van der Waals surface area contributed by atoms with Crippen LogP contribution in [0, 0.1) is 0 Å². The van der Waals surface area contributed by atoms with E-state index in [0.717, 1.165) is 5.56 Å². The van der Waals surface area contributed by atoms with Gasteiger partial charge in [0, 0.05) is 37.9 Å². The lowest BCUT2D eigenvalue weighted by Gasteiger charge is -2.38. The number of benzene rings is 3. The molecule has 1 saturated heterocycles. The lowest BCUT2D eigenvalue weighted by Crippen LogP contribution is -2.51. The number of hydrogen-bond acceptors (Lipinski definition) is 5. The van der Waals surface area contributed by atoms with Crippen LogP contribution in [-0.2, 0) is 14.8 Å². The van der Waals surface area contributed by atoms with Crippen molar-refractivity contribution >= 4 is 21.6 Å². The van der Waals surface area contributed by atoms with Gasteiger partial charge in [-0.25, -0.2) is 8.42 Å². The monoisotopic (exact) mass is 465 g/mol. The third-order valence-corrected chi connectivity index (χ3v) is 7.63. The molecular weight excluding hydrogens is 438 g/mol. The Labute approximate surface area is 194 Å². The van der Waals surface area contributed by atoms with Crippen molar-refractivity contribution in [1.29, 1.82) is 0 Å². The number of carbonyl (C=O) groups excluding carboxylic acids is 1. The zero-order chi connectivity index (χ0) is 23.3. The summed E-state index contributed by atoms with van der Waals surface area (Å²) in [7, 11) is -1.98. The third-order valence-electron chi connectivity index (χ3n) is 5.72. The van der Waals surface area contributed by atoms with Crippen molar-refractivity contribution in [2.75, 3.05) is 38.6 Å². The van der Waals surface area contributed by atoms with E-state index in [1.807, 2.05) is 53.4 Å². The highest BCUT2D eigenvalue weighted by atomic mass is 32.2. The molecule has 1 aliphatic heterocycles. The molecular formula is C25H27N3O4S. The molecule has 1 unspecified atom stereocenters. The molecule has 3 aromatic rings. The Kier molecular flexibility index (Phi) is 7.08. The predicted molar refractivity (Wildman–Crippen MR) is 128 cm³/mol. The maximum absolute atomic E-state index is 13.4. The van der Waals surface area contributed by atoms with E-state index in [4.69, 9.17) is 4.74 Å². The molecule has 8 heteroatoms. The van der Waals surface area contributed by atoms with Gasteiger partial charge in [0.2, 0.25) is 15.9 Å². The molecule has 0 spiro atoms. The van der Waals surface area contributed by atoms with Gasteiger partial charge in [0.1, 0.15) is 11.8 Å². The zero-order valence-corrected chi connectivity index (χ0v) is 19.2. The fourth-order valence-corrected chi connectivity index (χ4v) is 5.46. The highest BCUT2D eigenvalue weighted by Gasteiger charge is 2.34. The van der Waals surface area contributed by atoms with E-state index in [2.05, 4.69) is 5.32 Å². The summed E-state index contributed by atoms with van der Waals surface area (Å²) in [4.78, 5) is 15.7. The van der Waals surface area contributed by atoms with Gasteiger partial charge in [0.25, 0.3) is 0 Å². The lowest BCUT2D eigenvalue weighted by molar-refractivity contribution is -0.122. The molecule has 0 aromatic heterocycles. The van der Waals surface area contributed by atoms with Gasteiger partial charge in [-0.1, -0.05) is 54.6 Å².